The first-order chi connectivity index (χ1) is 9.59. The van der Waals surface area contributed by atoms with Crippen molar-refractivity contribution in [2.45, 2.75) is 38.8 Å². The molecule has 2 N–H and O–H groups in total. The molecule has 0 radical (unpaired) electrons. The van der Waals surface area contributed by atoms with E-state index in [9.17, 15) is 23.8 Å². The molecule has 4 nitrogen and oxygen atoms in total. The van der Waals surface area contributed by atoms with Gasteiger partial charge in [-0.3, -0.25) is 0 Å². The van der Waals surface area contributed by atoms with E-state index in [2.05, 4.69) is 0 Å². The highest BCUT2D eigenvalue weighted by Crippen LogP contribution is 2.46. The SMILES string of the molecule is CC(C)(C)C1N(C(=O)O)CCC1(O)c1cccc(F)c1F. The van der Waals surface area contributed by atoms with Gasteiger partial charge in [-0.1, -0.05) is 32.9 Å². The minimum absolute atomic E-state index is 0.0294. The van der Waals surface area contributed by atoms with Gasteiger partial charge in [0.25, 0.3) is 0 Å². The van der Waals surface area contributed by atoms with Crippen LogP contribution in [0.5, 0.6) is 0 Å². The molecule has 1 aliphatic rings. The fourth-order valence-corrected chi connectivity index (χ4v) is 3.32. The molecule has 1 aromatic rings. The number of rotatable bonds is 1. The van der Waals surface area contributed by atoms with Crippen molar-refractivity contribution in [2.75, 3.05) is 6.54 Å². The van der Waals surface area contributed by atoms with E-state index in [-0.39, 0.29) is 18.5 Å². The van der Waals surface area contributed by atoms with Gasteiger partial charge >= 0.3 is 6.09 Å². The molecule has 1 aliphatic heterocycles. The lowest BCUT2D eigenvalue weighted by Gasteiger charge is -2.42. The molecule has 0 aliphatic carbocycles. The Kier molecular flexibility index (Phi) is 3.70. The zero-order valence-electron chi connectivity index (χ0n) is 12.2. The van der Waals surface area contributed by atoms with Gasteiger partial charge in [-0.05, 0) is 11.5 Å². The van der Waals surface area contributed by atoms with Crippen LogP contribution in [0.15, 0.2) is 18.2 Å². The number of carbonyl (C=O) groups is 1. The van der Waals surface area contributed by atoms with Crippen molar-refractivity contribution in [3.05, 3.63) is 35.4 Å². The highest BCUT2D eigenvalue weighted by Gasteiger charge is 2.55. The third-order valence-electron chi connectivity index (χ3n) is 3.98. The smallest absolute Gasteiger partial charge is 0.407 e. The highest BCUT2D eigenvalue weighted by atomic mass is 19.2. The molecule has 2 unspecified atom stereocenters. The molecule has 0 bridgehead atoms. The van der Waals surface area contributed by atoms with Gasteiger partial charge in [-0.25, -0.2) is 13.6 Å². The molecule has 2 atom stereocenters. The quantitative estimate of drug-likeness (QED) is 0.838. The molecule has 1 aromatic carbocycles. The topological polar surface area (TPSA) is 60.8 Å². The summed E-state index contributed by atoms with van der Waals surface area (Å²) in [4.78, 5) is 12.5. The predicted molar refractivity (Wildman–Crippen MR) is 72.8 cm³/mol. The molecule has 116 valence electrons. The monoisotopic (exact) mass is 299 g/mol. The number of carboxylic acid groups (broad SMARTS) is 1. The third kappa shape index (κ3) is 2.48. The maximum absolute atomic E-state index is 14.1. The average Bonchev–Trinajstić information content (AvgIpc) is 2.71. The fourth-order valence-electron chi connectivity index (χ4n) is 3.32. The summed E-state index contributed by atoms with van der Waals surface area (Å²) in [5.74, 6) is -2.18. The summed E-state index contributed by atoms with van der Waals surface area (Å²) in [6.07, 6.45) is -1.15. The average molecular weight is 299 g/mol. The van der Waals surface area contributed by atoms with Crippen LogP contribution >= 0.6 is 0 Å². The summed E-state index contributed by atoms with van der Waals surface area (Å²) in [6, 6.07) is 2.73. The van der Waals surface area contributed by atoms with E-state index in [1.807, 2.05) is 0 Å². The summed E-state index contributed by atoms with van der Waals surface area (Å²) in [7, 11) is 0. The van der Waals surface area contributed by atoms with E-state index in [4.69, 9.17) is 0 Å². The number of hydrogen-bond donors (Lipinski definition) is 2. The predicted octanol–water partition coefficient (Wildman–Crippen LogP) is 2.95. The highest BCUT2D eigenvalue weighted by molar-refractivity contribution is 5.66. The van der Waals surface area contributed by atoms with Crippen molar-refractivity contribution in [1.29, 1.82) is 0 Å². The molecular weight excluding hydrogens is 280 g/mol. The first-order valence-electron chi connectivity index (χ1n) is 6.75. The van der Waals surface area contributed by atoms with Crippen LogP contribution < -0.4 is 0 Å². The minimum Gasteiger partial charge on any atom is -0.465 e. The van der Waals surface area contributed by atoms with E-state index in [0.717, 1.165) is 11.0 Å². The molecule has 6 heteroatoms. The Hall–Kier alpha value is -1.69. The summed E-state index contributed by atoms with van der Waals surface area (Å²) < 4.78 is 27.6. The van der Waals surface area contributed by atoms with Crippen LogP contribution in [0.4, 0.5) is 13.6 Å². The van der Waals surface area contributed by atoms with Crippen LogP contribution in [-0.2, 0) is 5.60 Å². The van der Waals surface area contributed by atoms with Crippen LogP contribution in [0.1, 0.15) is 32.8 Å². The Balaban J connectivity index is 2.59. The summed E-state index contributed by atoms with van der Waals surface area (Å²) in [6.45, 7) is 5.37. The van der Waals surface area contributed by atoms with Gasteiger partial charge in [0.05, 0.1) is 6.04 Å². The number of benzene rings is 1. The Morgan fingerprint density at radius 1 is 1.38 bits per heavy atom. The summed E-state index contributed by atoms with van der Waals surface area (Å²) in [5.41, 5.74) is -2.57. The van der Waals surface area contributed by atoms with E-state index >= 15 is 0 Å². The number of likely N-dealkylation sites (tertiary alicyclic amines) is 1. The lowest BCUT2D eigenvalue weighted by atomic mass is 9.73. The first kappa shape index (κ1) is 15.7. The standard InChI is InChI=1S/C15H19F2NO3/c1-14(2,3)12-15(21,7-8-18(12)13(19)20)9-5-4-6-10(16)11(9)17/h4-6,12,21H,7-8H2,1-3H3,(H,19,20). The van der Waals surface area contributed by atoms with Crippen LogP contribution in [0.25, 0.3) is 0 Å². The van der Waals surface area contributed by atoms with Crippen molar-refractivity contribution in [3.8, 4) is 0 Å². The lowest BCUT2D eigenvalue weighted by Crippen LogP contribution is -2.52. The first-order valence-corrected chi connectivity index (χ1v) is 6.75. The number of hydrogen-bond acceptors (Lipinski definition) is 2. The van der Waals surface area contributed by atoms with E-state index in [1.54, 1.807) is 20.8 Å². The van der Waals surface area contributed by atoms with E-state index < -0.39 is 34.8 Å². The Morgan fingerprint density at radius 2 is 2.00 bits per heavy atom. The maximum atomic E-state index is 14.1. The fraction of sp³-hybridized carbons (Fsp3) is 0.533. The van der Waals surface area contributed by atoms with Gasteiger partial charge in [0.15, 0.2) is 11.6 Å². The van der Waals surface area contributed by atoms with E-state index in [0.29, 0.717) is 0 Å². The number of halogens is 2. The molecular formula is C15H19F2NO3. The summed E-state index contributed by atoms with van der Waals surface area (Å²) >= 11 is 0. The molecule has 0 spiro atoms. The molecule has 1 fully saturated rings. The van der Waals surface area contributed by atoms with Gasteiger partial charge in [0.1, 0.15) is 5.60 Å². The van der Waals surface area contributed by atoms with Crippen molar-refractivity contribution in [2.24, 2.45) is 5.41 Å². The minimum atomic E-state index is -1.75. The van der Waals surface area contributed by atoms with Crippen LogP contribution in [-0.4, -0.2) is 33.8 Å². The second-order valence-electron chi connectivity index (χ2n) is 6.52. The molecule has 1 heterocycles. The van der Waals surface area contributed by atoms with Crippen molar-refractivity contribution in [1.82, 2.24) is 4.90 Å². The molecule has 0 aromatic heterocycles. The molecule has 1 amide bonds. The second-order valence-corrected chi connectivity index (χ2v) is 6.52. The van der Waals surface area contributed by atoms with Gasteiger partial charge < -0.3 is 15.1 Å². The van der Waals surface area contributed by atoms with Crippen molar-refractivity contribution < 1.29 is 23.8 Å². The molecule has 21 heavy (non-hydrogen) atoms. The van der Waals surface area contributed by atoms with Crippen molar-refractivity contribution >= 4 is 6.09 Å². The number of amides is 1. The van der Waals surface area contributed by atoms with Crippen LogP contribution in [0, 0.1) is 17.0 Å². The zero-order valence-corrected chi connectivity index (χ0v) is 12.2. The second kappa shape index (κ2) is 4.94. The maximum Gasteiger partial charge on any atom is 0.407 e. The normalized spacial score (nSPS) is 26.2. The van der Waals surface area contributed by atoms with Gasteiger partial charge in [-0.15, -0.1) is 0 Å². The van der Waals surface area contributed by atoms with E-state index in [1.165, 1.54) is 12.1 Å². The van der Waals surface area contributed by atoms with Gasteiger partial charge in [-0.2, -0.15) is 0 Å². The van der Waals surface area contributed by atoms with Crippen LogP contribution in [0.3, 0.4) is 0 Å². The number of nitrogens with zero attached hydrogens (tertiary/aromatic N) is 1. The molecule has 2 rings (SSSR count). The number of aliphatic hydroxyl groups is 1. The molecule has 0 saturated carbocycles. The van der Waals surface area contributed by atoms with Gasteiger partial charge in [0.2, 0.25) is 0 Å². The Morgan fingerprint density at radius 3 is 2.52 bits per heavy atom. The summed E-state index contributed by atoms with van der Waals surface area (Å²) in [5, 5.41) is 20.3. The van der Waals surface area contributed by atoms with Gasteiger partial charge in [0, 0.05) is 18.5 Å². The lowest BCUT2D eigenvalue weighted by molar-refractivity contribution is -0.0439. The Bertz CT molecular complexity index is 571. The largest absolute Gasteiger partial charge is 0.465 e. The third-order valence-corrected chi connectivity index (χ3v) is 3.98. The molecule has 1 saturated heterocycles. The van der Waals surface area contributed by atoms with Crippen LogP contribution in [0.2, 0.25) is 0 Å². The Labute approximate surface area is 122 Å². The van der Waals surface area contributed by atoms with Crippen molar-refractivity contribution in [3.63, 3.8) is 0 Å². The zero-order chi connectivity index (χ0) is 16.0.